The first-order valence-corrected chi connectivity index (χ1v) is 28.2. The average Bonchev–Trinajstić information content (AvgIpc) is 3.27. The number of benzene rings is 8. The molecule has 0 heterocycles. The van der Waals surface area contributed by atoms with Gasteiger partial charge >= 0.3 is 0 Å². The lowest BCUT2D eigenvalue weighted by Crippen LogP contribution is -2.49. The molecule has 8 aromatic carbocycles. The van der Waals surface area contributed by atoms with Gasteiger partial charge in [0, 0.05) is 33.5 Å². The summed E-state index contributed by atoms with van der Waals surface area (Å²) in [5.41, 5.74) is 9.31. The van der Waals surface area contributed by atoms with Crippen molar-refractivity contribution < 1.29 is 0 Å². The predicted octanol–water partition coefficient (Wildman–Crippen LogP) is 16.5. The Balaban J connectivity index is 1.19. The van der Waals surface area contributed by atoms with Crippen molar-refractivity contribution in [1.82, 2.24) is 0 Å². The minimum atomic E-state index is -1.68. The van der Waals surface area contributed by atoms with Gasteiger partial charge in [-0.3, -0.25) is 0 Å². The third-order valence-electron chi connectivity index (χ3n) is 14.3. The SMILES string of the molecule is CC(C)(C)[Si](C)(C)c1ccc(N(c2ccccc2)c2ccc(/C=C/c3ccc(N(c4ccccc4)c4ccc([Si](C)(C)C(C)(C)C)cc4)c4ccccc34)c3ccccc23)cc1. The second-order valence-electron chi connectivity index (χ2n) is 20.0. The van der Waals surface area contributed by atoms with Gasteiger partial charge in [-0.15, -0.1) is 0 Å². The zero-order chi connectivity index (χ0) is 43.9. The van der Waals surface area contributed by atoms with E-state index in [4.69, 9.17) is 0 Å². The third kappa shape index (κ3) is 8.10. The summed E-state index contributed by atoms with van der Waals surface area (Å²) in [6, 6.07) is 67.2. The molecule has 0 aliphatic carbocycles. The van der Waals surface area contributed by atoms with Crippen molar-refractivity contribution in [2.45, 2.75) is 77.8 Å². The van der Waals surface area contributed by atoms with Crippen molar-refractivity contribution in [2.75, 3.05) is 9.80 Å². The minimum Gasteiger partial charge on any atom is -0.310 e. The summed E-state index contributed by atoms with van der Waals surface area (Å²) >= 11 is 0. The van der Waals surface area contributed by atoms with Crippen molar-refractivity contribution in [1.29, 1.82) is 0 Å². The van der Waals surface area contributed by atoms with Crippen molar-refractivity contribution in [3.63, 3.8) is 0 Å². The van der Waals surface area contributed by atoms with E-state index in [-0.39, 0.29) is 10.1 Å². The second-order valence-corrected chi connectivity index (χ2v) is 30.6. The largest absolute Gasteiger partial charge is 0.310 e. The van der Waals surface area contributed by atoms with Gasteiger partial charge in [-0.05, 0) is 92.6 Å². The Kier molecular flexibility index (Phi) is 11.5. The van der Waals surface area contributed by atoms with Gasteiger partial charge in [0.15, 0.2) is 0 Å². The zero-order valence-corrected chi connectivity index (χ0v) is 40.4. The van der Waals surface area contributed by atoms with Gasteiger partial charge in [0.25, 0.3) is 0 Å². The fraction of sp³-hybridized carbons (Fsp3) is 0.207. The molecule has 4 heteroatoms. The van der Waals surface area contributed by atoms with Crippen LogP contribution in [0.4, 0.5) is 34.1 Å². The van der Waals surface area contributed by atoms with E-state index in [1.165, 1.54) is 43.0 Å². The van der Waals surface area contributed by atoms with Crippen LogP contribution in [-0.4, -0.2) is 16.1 Å². The lowest BCUT2D eigenvalue weighted by atomic mass is 9.98. The number of fused-ring (bicyclic) bond motifs is 2. The summed E-state index contributed by atoms with van der Waals surface area (Å²) < 4.78 is 0. The van der Waals surface area contributed by atoms with E-state index in [0.29, 0.717) is 0 Å². The molecule has 0 bridgehead atoms. The van der Waals surface area contributed by atoms with Crippen LogP contribution in [0.2, 0.25) is 36.3 Å². The molecule has 8 rings (SSSR count). The molecular weight excluding hydrogens is 781 g/mol. The molecular formula is C58H62N2Si2. The van der Waals surface area contributed by atoms with Crippen LogP contribution < -0.4 is 20.2 Å². The summed E-state index contributed by atoms with van der Waals surface area (Å²) in [6.07, 6.45) is 4.59. The van der Waals surface area contributed by atoms with Crippen molar-refractivity contribution in [2.24, 2.45) is 0 Å². The van der Waals surface area contributed by atoms with Crippen LogP contribution in [0.5, 0.6) is 0 Å². The smallest absolute Gasteiger partial charge is 0.0859 e. The van der Waals surface area contributed by atoms with Gasteiger partial charge in [-0.2, -0.15) is 0 Å². The molecule has 0 atom stereocenters. The van der Waals surface area contributed by atoms with E-state index >= 15 is 0 Å². The van der Waals surface area contributed by atoms with Gasteiger partial charge < -0.3 is 9.80 Å². The molecule has 0 aliphatic rings. The molecule has 0 unspecified atom stereocenters. The normalized spacial score (nSPS) is 12.6. The van der Waals surface area contributed by atoms with Crippen LogP contribution in [0.25, 0.3) is 33.7 Å². The molecule has 312 valence electrons. The topological polar surface area (TPSA) is 6.48 Å². The van der Waals surface area contributed by atoms with Crippen LogP contribution in [-0.2, 0) is 0 Å². The Bertz CT molecular complexity index is 2650. The highest BCUT2D eigenvalue weighted by Crippen LogP contribution is 2.43. The molecule has 0 aliphatic heterocycles. The van der Waals surface area contributed by atoms with Gasteiger partial charge in [0.05, 0.1) is 27.5 Å². The Morgan fingerprint density at radius 3 is 0.935 bits per heavy atom. The number of nitrogens with zero attached hydrogens (tertiary/aromatic N) is 2. The number of hydrogen-bond acceptors (Lipinski definition) is 2. The maximum atomic E-state index is 2.49. The molecule has 8 aromatic rings. The zero-order valence-electron chi connectivity index (χ0n) is 38.4. The van der Waals surface area contributed by atoms with E-state index in [2.05, 4.69) is 272 Å². The second kappa shape index (κ2) is 16.7. The summed E-state index contributed by atoms with van der Waals surface area (Å²) in [5.74, 6) is 0. The maximum absolute atomic E-state index is 2.49. The summed E-state index contributed by atoms with van der Waals surface area (Å²) in [6.45, 7) is 24.3. The van der Waals surface area contributed by atoms with E-state index in [1.807, 2.05) is 0 Å². The molecule has 0 fully saturated rings. The molecule has 0 radical (unpaired) electrons. The molecule has 2 nitrogen and oxygen atoms in total. The highest BCUT2D eigenvalue weighted by atomic mass is 28.3. The number of rotatable bonds is 10. The molecule has 0 amide bonds. The molecule has 0 aromatic heterocycles. The lowest BCUT2D eigenvalue weighted by Gasteiger charge is -2.37. The fourth-order valence-corrected chi connectivity index (χ4v) is 12.1. The monoisotopic (exact) mass is 842 g/mol. The Hall–Kier alpha value is -5.95. The number of para-hydroxylation sites is 2. The van der Waals surface area contributed by atoms with Crippen molar-refractivity contribution >= 4 is 94.3 Å². The lowest BCUT2D eigenvalue weighted by molar-refractivity contribution is 0.729. The Morgan fingerprint density at radius 1 is 0.323 bits per heavy atom. The highest BCUT2D eigenvalue weighted by molar-refractivity contribution is 6.92. The first-order chi connectivity index (χ1) is 29.6. The van der Waals surface area contributed by atoms with Crippen LogP contribution in [0.15, 0.2) is 182 Å². The quantitative estimate of drug-likeness (QED) is 0.1000. The van der Waals surface area contributed by atoms with Crippen LogP contribution in [0, 0.1) is 0 Å². The van der Waals surface area contributed by atoms with Crippen LogP contribution >= 0.6 is 0 Å². The summed E-state index contributed by atoms with van der Waals surface area (Å²) in [7, 11) is -3.37. The first-order valence-electron chi connectivity index (χ1n) is 22.2. The standard InChI is InChI=1S/C58H62N2Si2/c1-57(2,3)61(7,8)49-37-33-47(34-38-49)59(45-21-13-11-14-22-45)55-41-31-43(51-25-17-19-27-53(51)55)29-30-44-32-42-56(54-28-20-18-26-52(44)54)60(46-23-15-12-16-24-46)48-35-39-50(40-36-48)62(9,10)58(4,5)6/h11-42H,1-10H3/b30-29+. The van der Waals surface area contributed by atoms with E-state index in [1.54, 1.807) is 0 Å². The highest BCUT2D eigenvalue weighted by Gasteiger charge is 2.38. The van der Waals surface area contributed by atoms with Crippen LogP contribution in [0.1, 0.15) is 52.7 Å². The molecule has 62 heavy (non-hydrogen) atoms. The molecule has 0 N–H and O–H groups in total. The van der Waals surface area contributed by atoms with E-state index in [0.717, 1.165) is 34.1 Å². The predicted molar refractivity (Wildman–Crippen MR) is 280 cm³/mol. The van der Waals surface area contributed by atoms with Crippen molar-refractivity contribution in [3.8, 4) is 0 Å². The van der Waals surface area contributed by atoms with Gasteiger partial charge in [0.2, 0.25) is 0 Å². The van der Waals surface area contributed by atoms with Crippen molar-refractivity contribution in [3.05, 3.63) is 193 Å². The van der Waals surface area contributed by atoms with Crippen LogP contribution in [0.3, 0.4) is 0 Å². The minimum absolute atomic E-state index is 0.266. The molecule has 0 spiro atoms. The van der Waals surface area contributed by atoms with Gasteiger partial charge in [-0.25, -0.2) is 0 Å². The number of anilines is 6. The van der Waals surface area contributed by atoms with Gasteiger partial charge in [-0.1, -0.05) is 212 Å². The van der Waals surface area contributed by atoms with Gasteiger partial charge in [0.1, 0.15) is 0 Å². The summed E-state index contributed by atoms with van der Waals surface area (Å²) in [4.78, 5) is 4.83. The maximum Gasteiger partial charge on any atom is 0.0859 e. The Morgan fingerprint density at radius 2 is 0.613 bits per heavy atom. The fourth-order valence-electron chi connectivity index (χ4n) is 8.40. The molecule has 0 saturated carbocycles. The third-order valence-corrected chi connectivity index (χ3v) is 25.3. The number of hydrogen-bond donors (Lipinski definition) is 0. The molecule has 0 saturated heterocycles. The average molecular weight is 843 g/mol. The van der Waals surface area contributed by atoms with E-state index in [9.17, 15) is 0 Å². The Labute approximate surface area is 373 Å². The summed E-state index contributed by atoms with van der Waals surface area (Å²) in [5, 5.41) is 8.36. The van der Waals surface area contributed by atoms with E-state index < -0.39 is 16.1 Å². The first kappa shape index (κ1) is 42.7.